The number of nitrogens with zero attached hydrogens (tertiary/aromatic N) is 1. The van der Waals surface area contributed by atoms with E-state index in [0.29, 0.717) is 12.3 Å². The average molecular weight is 449 g/mol. The first kappa shape index (κ1) is 21.5. The number of thioether (sulfide) groups is 1. The van der Waals surface area contributed by atoms with E-state index in [0.717, 1.165) is 15.8 Å². The van der Waals surface area contributed by atoms with Gasteiger partial charge in [0.05, 0.1) is 5.75 Å². The summed E-state index contributed by atoms with van der Waals surface area (Å²) in [6.07, 6.45) is 0. The van der Waals surface area contributed by atoms with Gasteiger partial charge in [-0.3, -0.25) is 9.59 Å². The second-order valence-corrected chi connectivity index (χ2v) is 8.32. The van der Waals surface area contributed by atoms with Crippen molar-refractivity contribution < 1.29 is 9.59 Å². The number of amides is 2. The van der Waals surface area contributed by atoms with Gasteiger partial charge in [0.15, 0.2) is 0 Å². The highest BCUT2D eigenvalue weighted by molar-refractivity contribution is 9.10. The minimum absolute atomic E-state index is 0.0355. The molecule has 4 nitrogen and oxygen atoms in total. The fraction of sp³-hybridized carbons (Fsp3) is 0.333. The first-order valence-corrected chi connectivity index (χ1v) is 10.7. The van der Waals surface area contributed by atoms with E-state index in [-0.39, 0.29) is 11.8 Å². The third-order valence-corrected chi connectivity index (χ3v) is 5.77. The molecule has 0 radical (unpaired) electrons. The Hall–Kier alpha value is -1.79. The third kappa shape index (κ3) is 6.70. The number of carbonyl (C=O) groups excluding carboxylic acids is 2. The van der Waals surface area contributed by atoms with Crippen LogP contribution in [-0.2, 0) is 21.9 Å². The molecule has 2 rings (SSSR count). The van der Waals surface area contributed by atoms with Crippen molar-refractivity contribution in [3.05, 3.63) is 69.7 Å². The number of rotatable bonds is 8. The predicted molar refractivity (Wildman–Crippen MR) is 116 cm³/mol. The Morgan fingerprint density at radius 1 is 1.15 bits per heavy atom. The molecule has 144 valence electrons. The van der Waals surface area contributed by atoms with Crippen LogP contribution in [0.2, 0.25) is 0 Å². The SMILES string of the molecule is CNC(=O)[C@@H](C)N(Cc1ccc(Br)cc1)C(=O)CSCc1cccc(C)c1. The average Bonchev–Trinajstić information content (AvgIpc) is 2.66. The van der Waals surface area contributed by atoms with E-state index < -0.39 is 6.04 Å². The van der Waals surface area contributed by atoms with Crippen molar-refractivity contribution in [2.45, 2.75) is 32.2 Å². The lowest BCUT2D eigenvalue weighted by molar-refractivity contribution is -0.138. The van der Waals surface area contributed by atoms with Crippen LogP contribution in [0.5, 0.6) is 0 Å². The molecule has 0 aromatic heterocycles. The minimum atomic E-state index is -0.522. The molecule has 0 aliphatic heterocycles. The molecule has 0 heterocycles. The molecule has 0 fully saturated rings. The summed E-state index contributed by atoms with van der Waals surface area (Å²) in [5, 5.41) is 2.64. The molecule has 0 saturated carbocycles. The van der Waals surface area contributed by atoms with Crippen LogP contribution in [0, 0.1) is 6.92 Å². The summed E-state index contributed by atoms with van der Waals surface area (Å²) < 4.78 is 0.984. The van der Waals surface area contributed by atoms with Gasteiger partial charge < -0.3 is 10.2 Å². The molecule has 6 heteroatoms. The zero-order valence-electron chi connectivity index (χ0n) is 15.9. The Balaban J connectivity index is 2.03. The van der Waals surface area contributed by atoms with Crippen LogP contribution in [0.4, 0.5) is 0 Å². The Morgan fingerprint density at radius 2 is 1.85 bits per heavy atom. The molecule has 0 aliphatic rings. The zero-order valence-corrected chi connectivity index (χ0v) is 18.3. The van der Waals surface area contributed by atoms with E-state index in [9.17, 15) is 9.59 Å². The number of halogens is 1. The number of aryl methyl sites for hydroxylation is 1. The topological polar surface area (TPSA) is 49.4 Å². The fourth-order valence-electron chi connectivity index (χ4n) is 2.72. The van der Waals surface area contributed by atoms with E-state index in [4.69, 9.17) is 0 Å². The molecule has 1 atom stereocenters. The first-order chi connectivity index (χ1) is 12.9. The van der Waals surface area contributed by atoms with E-state index in [1.54, 1.807) is 30.6 Å². The lowest BCUT2D eigenvalue weighted by atomic mass is 10.1. The maximum Gasteiger partial charge on any atom is 0.242 e. The Labute approximate surface area is 173 Å². The lowest BCUT2D eigenvalue weighted by Crippen LogP contribution is -2.47. The van der Waals surface area contributed by atoms with Crippen molar-refractivity contribution in [2.24, 2.45) is 0 Å². The molecular formula is C21H25BrN2O2S. The molecule has 0 aliphatic carbocycles. The fourth-order valence-corrected chi connectivity index (χ4v) is 3.84. The Bertz CT molecular complexity index is 780. The van der Waals surface area contributed by atoms with Gasteiger partial charge in [-0.1, -0.05) is 57.9 Å². The maximum atomic E-state index is 12.8. The summed E-state index contributed by atoms with van der Waals surface area (Å²) in [6, 6.07) is 15.6. The van der Waals surface area contributed by atoms with E-state index in [1.807, 2.05) is 30.3 Å². The van der Waals surface area contributed by atoms with Crippen LogP contribution in [0.15, 0.2) is 53.0 Å². The highest BCUT2D eigenvalue weighted by atomic mass is 79.9. The lowest BCUT2D eigenvalue weighted by Gasteiger charge is -2.28. The number of hydrogen-bond donors (Lipinski definition) is 1. The second kappa shape index (κ2) is 10.5. The van der Waals surface area contributed by atoms with Crippen LogP contribution < -0.4 is 5.32 Å². The smallest absolute Gasteiger partial charge is 0.242 e. The van der Waals surface area contributed by atoms with Crippen LogP contribution in [-0.4, -0.2) is 35.6 Å². The number of nitrogens with one attached hydrogen (secondary N) is 1. The van der Waals surface area contributed by atoms with Crippen molar-refractivity contribution in [2.75, 3.05) is 12.8 Å². The molecule has 0 saturated heterocycles. The highest BCUT2D eigenvalue weighted by Crippen LogP contribution is 2.18. The quantitative estimate of drug-likeness (QED) is 0.659. The molecule has 2 aromatic rings. The summed E-state index contributed by atoms with van der Waals surface area (Å²) in [5.74, 6) is 0.912. The van der Waals surface area contributed by atoms with Gasteiger partial charge in [-0.2, -0.15) is 0 Å². The van der Waals surface area contributed by atoms with Crippen LogP contribution in [0.1, 0.15) is 23.6 Å². The molecule has 2 aromatic carbocycles. The van der Waals surface area contributed by atoms with Crippen molar-refractivity contribution in [3.63, 3.8) is 0 Å². The second-order valence-electron chi connectivity index (χ2n) is 6.42. The van der Waals surface area contributed by atoms with Crippen LogP contribution in [0.3, 0.4) is 0 Å². The minimum Gasteiger partial charge on any atom is -0.357 e. The van der Waals surface area contributed by atoms with Crippen LogP contribution in [0.25, 0.3) is 0 Å². The summed E-state index contributed by atoms with van der Waals surface area (Å²) in [5.41, 5.74) is 3.40. The zero-order chi connectivity index (χ0) is 19.8. The largest absolute Gasteiger partial charge is 0.357 e. The molecule has 0 spiro atoms. The van der Waals surface area contributed by atoms with E-state index >= 15 is 0 Å². The third-order valence-electron chi connectivity index (χ3n) is 4.26. The molecular weight excluding hydrogens is 424 g/mol. The highest BCUT2D eigenvalue weighted by Gasteiger charge is 2.25. The number of benzene rings is 2. The molecule has 27 heavy (non-hydrogen) atoms. The normalized spacial score (nSPS) is 11.7. The number of hydrogen-bond acceptors (Lipinski definition) is 3. The predicted octanol–water partition coefficient (Wildman–Crippen LogP) is 4.15. The maximum absolute atomic E-state index is 12.8. The van der Waals surface area contributed by atoms with Crippen molar-refractivity contribution in [1.29, 1.82) is 0 Å². The number of likely N-dealkylation sites (N-methyl/N-ethyl adjacent to an activating group) is 1. The van der Waals surface area contributed by atoms with Gasteiger partial charge in [0.2, 0.25) is 11.8 Å². The van der Waals surface area contributed by atoms with Crippen molar-refractivity contribution >= 4 is 39.5 Å². The Morgan fingerprint density at radius 3 is 2.48 bits per heavy atom. The van der Waals surface area contributed by atoms with E-state index in [1.165, 1.54) is 11.1 Å². The monoisotopic (exact) mass is 448 g/mol. The molecule has 0 bridgehead atoms. The van der Waals surface area contributed by atoms with Gasteiger partial charge in [-0.25, -0.2) is 0 Å². The molecule has 2 amide bonds. The summed E-state index contributed by atoms with van der Waals surface area (Å²) in [4.78, 5) is 26.6. The van der Waals surface area contributed by atoms with Gasteiger partial charge in [-0.05, 0) is 37.1 Å². The van der Waals surface area contributed by atoms with Crippen LogP contribution >= 0.6 is 27.7 Å². The van der Waals surface area contributed by atoms with Gasteiger partial charge in [-0.15, -0.1) is 11.8 Å². The van der Waals surface area contributed by atoms with Crippen molar-refractivity contribution in [1.82, 2.24) is 10.2 Å². The van der Waals surface area contributed by atoms with Gasteiger partial charge in [0.1, 0.15) is 6.04 Å². The number of carbonyl (C=O) groups is 2. The van der Waals surface area contributed by atoms with E-state index in [2.05, 4.69) is 46.4 Å². The van der Waals surface area contributed by atoms with Gasteiger partial charge in [0.25, 0.3) is 0 Å². The Kier molecular flexibility index (Phi) is 8.38. The molecule has 0 unspecified atom stereocenters. The summed E-state index contributed by atoms with van der Waals surface area (Å²) >= 11 is 4.99. The first-order valence-electron chi connectivity index (χ1n) is 8.79. The summed E-state index contributed by atoms with van der Waals surface area (Å²) in [7, 11) is 1.59. The van der Waals surface area contributed by atoms with Crippen molar-refractivity contribution in [3.8, 4) is 0 Å². The van der Waals surface area contributed by atoms with Gasteiger partial charge >= 0.3 is 0 Å². The van der Waals surface area contributed by atoms with Gasteiger partial charge in [0, 0.05) is 23.8 Å². The standard InChI is InChI=1S/C21H25BrN2O2S/c1-15-5-4-6-18(11-15)13-27-14-20(25)24(16(2)21(26)23-3)12-17-7-9-19(22)10-8-17/h4-11,16H,12-14H2,1-3H3,(H,23,26)/t16-/m1/s1. The molecule has 1 N–H and O–H groups in total. The summed E-state index contributed by atoms with van der Waals surface area (Å²) in [6.45, 7) is 4.23.